The van der Waals surface area contributed by atoms with Gasteiger partial charge in [0.05, 0.1) is 34.4 Å². The molecule has 0 aliphatic carbocycles. The molecule has 35 heavy (non-hydrogen) atoms. The van der Waals surface area contributed by atoms with Gasteiger partial charge >= 0.3 is 5.97 Å². The maximum atomic E-state index is 12.5. The number of aliphatic imine (C=N–C) groups is 1. The molecule has 1 amide bonds. The summed E-state index contributed by atoms with van der Waals surface area (Å²) >= 11 is 12.0. The van der Waals surface area contributed by atoms with Crippen molar-refractivity contribution in [1.82, 2.24) is 10.6 Å². The number of ketones is 1. The van der Waals surface area contributed by atoms with Gasteiger partial charge in [-0.25, -0.2) is 9.79 Å². The van der Waals surface area contributed by atoms with Crippen molar-refractivity contribution in [2.45, 2.75) is 31.3 Å². The second kappa shape index (κ2) is 11.9. The van der Waals surface area contributed by atoms with Crippen LogP contribution in [0.15, 0.2) is 41.4 Å². The lowest BCUT2D eigenvalue weighted by Gasteiger charge is -2.27. The van der Waals surface area contributed by atoms with Gasteiger partial charge in [0.25, 0.3) is 5.91 Å². The predicted octanol–water partition coefficient (Wildman–Crippen LogP) is 2.54. The molecule has 0 aromatic heterocycles. The van der Waals surface area contributed by atoms with Crippen molar-refractivity contribution in [2.75, 3.05) is 13.2 Å². The Morgan fingerprint density at radius 3 is 2.54 bits per heavy atom. The summed E-state index contributed by atoms with van der Waals surface area (Å²) in [7, 11) is 0. The second-order valence-corrected chi connectivity index (χ2v) is 8.68. The molecule has 0 fully saturated rings. The van der Waals surface area contributed by atoms with Gasteiger partial charge in [0.15, 0.2) is 5.96 Å². The number of carbonyl (C=O) groups is 3. The standard InChI is InChI=1S/C23H25Cl2N5O5/c24-15-2-1-3-16(25)20(15)21(32)30-18(22(33)34)6-5-13(31)11-28-17-8-9-35-19-7-4-12(10-14(17)19)29-23(26)27/h1-4,7,10,17-18,28H,5-6,8-9,11H2,(H,30,32)(H,33,34)(H4,26,27,29). The number of hydrogen-bond acceptors (Lipinski definition) is 6. The molecule has 10 nitrogen and oxygen atoms in total. The first-order valence-electron chi connectivity index (χ1n) is 10.7. The Labute approximate surface area is 211 Å². The summed E-state index contributed by atoms with van der Waals surface area (Å²) in [6.45, 7) is 0.478. The van der Waals surface area contributed by atoms with Gasteiger partial charge in [-0.3, -0.25) is 9.59 Å². The fourth-order valence-electron chi connectivity index (χ4n) is 3.65. The number of hydrogen-bond donors (Lipinski definition) is 5. The van der Waals surface area contributed by atoms with E-state index in [0.717, 1.165) is 5.56 Å². The molecular formula is C23H25Cl2N5O5. The van der Waals surface area contributed by atoms with Crippen LogP contribution in [0.3, 0.4) is 0 Å². The molecule has 0 radical (unpaired) electrons. The number of benzene rings is 2. The molecular weight excluding hydrogens is 497 g/mol. The number of carboxylic acid groups (broad SMARTS) is 1. The number of carboxylic acids is 1. The summed E-state index contributed by atoms with van der Waals surface area (Å²) in [5, 5.41) is 15.3. The van der Waals surface area contributed by atoms with Gasteiger partial charge < -0.3 is 31.9 Å². The smallest absolute Gasteiger partial charge is 0.326 e. The zero-order valence-corrected chi connectivity index (χ0v) is 20.1. The number of nitrogens with one attached hydrogen (secondary N) is 2. The number of rotatable bonds is 10. The van der Waals surface area contributed by atoms with Crippen LogP contribution < -0.4 is 26.8 Å². The highest BCUT2D eigenvalue weighted by molar-refractivity contribution is 6.39. The summed E-state index contributed by atoms with van der Waals surface area (Å²) < 4.78 is 5.66. The van der Waals surface area contributed by atoms with Crippen LogP contribution in [0.4, 0.5) is 5.69 Å². The normalized spacial score (nSPS) is 15.3. The number of carbonyl (C=O) groups excluding carboxylic acids is 2. The van der Waals surface area contributed by atoms with E-state index in [0.29, 0.717) is 24.5 Å². The Hall–Kier alpha value is -3.34. The molecule has 2 unspecified atom stereocenters. The highest BCUT2D eigenvalue weighted by Crippen LogP contribution is 2.34. The molecule has 1 aliphatic rings. The number of Topliss-reactive ketones (excluding diaryl/α,β-unsaturated/α-hetero) is 1. The third kappa shape index (κ3) is 7.08. The molecule has 2 atom stereocenters. The van der Waals surface area contributed by atoms with Crippen molar-refractivity contribution in [3.05, 3.63) is 57.6 Å². The SMILES string of the molecule is NC(N)=Nc1ccc2c(c1)C(NCC(=O)CCC(NC(=O)c1c(Cl)cccc1Cl)C(=O)O)CCO2. The molecule has 7 N–H and O–H groups in total. The number of amides is 1. The van der Waals surface area contributed by atoms with Crippen LogP contribution in [-0.4, -0.2) is 47.9 Å². The fraction of sp³-hybridized carbons (Fsp3) is 0.304. The van der Waals surface area contributed by atoms with Crippen molar-refractivity contribution >= 4 is 52.5 Å². The van der Waals surface area contributed by atoms with Gasteiger partial charge in [-0.05, 0) is 36.8 Å². The van der Waals surface area contributed by atoms with Crippen molar-refractivity contribution < 1.29 is 24.2 Å². The third-order valence-corrected chi connectivity index (χ3v) is 5.97. The van der Waals surface area contributed by atoms with Gasteiger partial charge in [-0.1, -0.05) is 29.3 Å². The third-order valence-electron chi connectivity index (χ3n) is 5.34. The topological polar surface area (TPSA) is 169 Å². The largest absolute Gasteiger partial charge is 0.493 e. The number of fused-ring (bicyclic) bond motifs is 1. The zero-order chi connectivity index (χ0) is 25.5. The lowest BCUT2D eigenvalue weighted by molar-refractivity contribution is -0.139. The summed E-state index contributed by atoms with van der Waals surface area (Å²) in [6.07, 6.45) is 0.464. The summed E-state index contributed by atoms with van der Waals surface area (Å²) in [6, 6.07) is 8.33. The van der Waals surface area contributed by atoms with Crippen LogP contribution in [0.5, 0.6) is 5.75 Å². The summed E-state index contributed by atoms with van der Waals surface area (Å²) in [4.78, 5) is 40.7. The predicted molar refractivity (Wildman–Crippen MR) is 132 cm³/mol. The van der Waals surface area contributed by atoms with E-state index >= 15 is 0 Å². The van der Waals surface area contributed by atoms with E-state index in [4.69, 9.17) is 39.4 Å². The molecule has 1 aliphatic heterocycles. The van der Waals surface area contributed by atoms with Gasteiger partial charge in [0.1, 0.15) is 17.6 Å². The molecule has 2 aromatic rings. The lowest BCUT2D eigenvalue weighted by Crippen LogP contribution is -2.41. The molecule has 186 valence electrons. The van der Waals surface area contributed by atoms with Crippen LogP contribution in [0.1, 0.15) is 41.2 Å². The summed E-state index contributed by atoms with van der Waals surface area (Å²) in [5.74, 6) is -1.61. The minimum absolute atomic E-state index is 0.00720. The monoisotopic (exact) mass is 521 g/mol. The number of nitrogens with zero attached hydrogens (tertiary/aromatic N) is 1. The van der Waals surface area contributed by atoms with Gasteiger partial charge in [0, 0.05) is 24.4 Å². The van der Waals surface area contributed by atoms with Crippen molar-refractivity contribution in [3.8, 4) is 5.75 Å². The molecule has 12 heteroatoms. The Morgan fingerprint density at radius 2 is 1.89 bits per heavy atom. The number of guanidine groups is 1. The minimum Gasteiger partial charge on any atom is -0.493 e. The second-order valence-electron chi connectivity index (χ2n) is 7.87. The average molecular weight is 522 g/mol. The van der Waals surface area contributed by atoms with Crippen LogP contribution in [0.2, 0.25) is 10.0 Å². The molecule has 0 spiro atoms. The fourth-order valence-corrected chi connectivity index (χ4v) is 4.21. The van der Waals surface area contributed by atoms with Crippen LogP contribution in [0, 0.1) is 0 Å². The van der Waals surface area contributed by atoms with E-state index in [1.54, 1.807) is 24.3 Å². The number of aliphatic carboxylic acids is 1. The maximum absolute atomic E-state index is 12.5. The Balaban J connectivity index is 1.57. The van der Waals surface area contributed by atoms with Gasteiger partial charge in [-0.15, -0.1) is 0 Å². The molecule has 0 bridgehead atoms. The van der Waals surface area contributed by atoms with Crippen molar-refractivity contribution in [1.29, 1.82) is 0 Å². The van der Waals surface area contributed by atoms with Crippen LogP contribution in [-0.2, 0) is 9.59 Å². The highest BCUT2D eigenvalue weighted by atomic mass is 35.5. The van der Waals surface area contributed by atoms with Crippen molar-refractivity contribution in [2.24, 2.45) is 16.5 Å². The quantitative estimate of drug-likeness (QED) is 0.234. The van der Waals surface area contributed by atoms with E-state index in [1.165, 1.54) is 12.1 Å². The van der Waals surface area contributed by atoms with E-state index in [9.17, 15) is 19.5 Å². The number of nitrogens with two attached hydrogens (primary N) is 2. The minimum atomic E-state index is -1.29. The number of halogens is 2. The Morgan fingerprint density at radius 1 is 1.17 bits per heavy atom. The molecule has 3 rings (SSSR count). The zero-order valence-electron chi connectivity index (χ0n) is 18.6. The van der Waals surface area contributed by atoms with E-state index < -0.39 is 17.9 Å². The highest BCUT2D eigenvalue weighted by Gasteiger charge is 2.25. The van der Waals surface area contributed by atoms with Crippen molar-refractivity contribution in [3.63, 3.8) is 0 Å². The molecule has 0 saturated heterocycles. The first-order chi connectivity index (χ1) is 16.7. The number of ether oxygens (including phenoxy) is 1. The van der Waals surface area contributed by atoms with Crippen LogP contribution >= 0.6 is 23.2 Å². The Kier molecular flexibility index (Phi) is 8.91. The van der Waals surface area contributed by atoms with E-state index in [-0.39, 0.29) is 52.8 Å². The first-order valence-corrected chi connectivity index (χ1v) is 11.5. The van der Waals surface area contributed by atoms with Crippen LogP contribution in [0.25, 0.3) is 0 Å². The summed E-state index contributed by atoms with van der Waals surface area (Å²) in [5.41, 5.74) is 12.3. The average Bonchev–Trinajstić information content (AvgIpc) is 2.79. The Bertz CT molecular complexity index is 1130. The van der Waals surface area contributed by atoms with Gasteiger partial charge in [-0.2, -0.15) is 0 Å². The van der Waals surface area contributed by atoms with Gasteiger partial charge in [0.2, 0.25) is 0 Å². The van der Waals surface area contributed by atoms with E-state index in [2.05, 4.69) is 15.6 Å². The molecule has 2 aromatic carbocycles. The molecule has 1 heterocycles. The maximum Gasteiger partial charge on any atom is 0.326 e. The molecule has 0 saturated carbocycles. The van der Waals surface area contributed by atoms with E-state index in [1.807, 2.05) is 0 Å². The lowest BCUT2D eigenvalue weighted by atomic mass is 9.99. The first kappa shape index (κ1) is 26.3.